The topological polar surface area (TPSA) is 21.3 Å². The molecule has 1 atom stereocenters. The maximum Gasteiger partial charge on any atom is 0.165 e. The Labute approximate surface area is 102 Å². The zero-order chi connectivity index (χ0) is 12.1. The van der Waals surface area contributed by atoms with Gasteiger partial charge < -0.3 is 10.1 Å². The summed E-state index contributed by atoms with van der Waals surface area (Å²) in [6.45, 7) is 2.93. The second-order valence-electron chi connectivity index (χ2n) is 4.64. The number of rotatable bonds is 7. The summed E-state index contributed by atoms with van der Waals surface area (Å²) in [6, 6.07) is 7.27. The van der Waals surface area contributed by atoms with Gasteiger partial charge in [-0.15, -0.1) is 0 Å². The summed E-state index contributed by atoms with van der Waals surface area (Å²) < 4.78 is 19.2. The van der Waals surface area contributed by atoms with Crippen LogP contribution in [0.5, 0.6) is 5.75 Å². The van der Waals surface area contributed by atoms with Crippen molar-refractivity contribution in [2.24, 2.45) is 0 Å². The first-order chi connectivity index (χ1) is 8.29. The van der Waals surface area contributed by atoms with Gasteiger partial charge in [0.15, 0.2) is 11.6 Å². The van der Waals surface area contributed by atoms with Gasteiger partial charge in [0.1, 0.15) is 6.10 Å². The maximum atomic E-state index is 13.5. The molecule has 1 aliphatic carbocycles. The molecule has 0 amide bonds. The van der Waals surface area contributed by atoms with Crippen LogP contribution in [0.2, 0.25) is 0 Å². The van der Waals surface area contributed by atoms with Gasteiger partial charge in [-0.05, 0) is 31.4 Å². The molecule has 0 spiro atoms. The lowest BCUT2D eigenvalue weighted by atomic mass is 10.2. The molecule has 1 aliphatic rings. The van der Waals surface area contributed by atoms with E-state index in [1.54, 1.807) is 18.2 Å². The number of ether oxygens (including phenoxy) is 1. The Kier molecular flexibility index (Phi) is 4.37. The Morgan fingerprint density at radius 1 is 1.41 bits per heavy atom. The number of benzene rings is 1. The second-order valence-corrected chi connectivity index (χ2v) is 4.64. The molecule has 1 saturated carbocycles. The van der Waals surface area contributed by atoms with Crippen molar-refractivity contribution in [3.63, 3.8) is 0 Å². The SMILES string of the molecule is CCCC(CNC1CC1)Oc1ccccc1F. The minimum absolute atomic E-state index is 0.0671. The number of hydrogen-bond acceptors (Lipinski definition) is 2. The van der Waals surface area contributed by atoms with Crippen LogP contribution in [-0.4, -0.2) is 18.7 Å². The van der Waals surface area contributed by atoms with Gasteiger partial charge in [0, 0.05) is 12.6 Å². The quantitative estimate of drug-likeness (QED) is 0.786. The molecule has 0 aromatic heterocycles. The molecule has 1 aromatic rings. The highest BCUT2D eigenvalue weighted by Crippen LogP contribution is 2.21. The molecule has 2 nitrogen and oxygen atoms in total. The van der Waals surface area contributed by atoms with Gasteiger partial charge >= 0.3 is 0 Å². The summed E-state index contributed by atoms with van der Waals surface area (Å²) in [6.07, 6.45) is 4.59. The van der Waals surface area contributed by atoms with Crippen LogP contribution in [0.3, 0.4) is 0 Å². The van der Waals surface area contributed by atoms with Crippen molar-refractivity contribution in [3.8, 4) is 5.75 Å². The van der Waals surface area contributed by atoms with E-state index in [9.17, 15) is 4.39 Å². The fourth-order valence-corrected chi connectivity index (χ4v) is 1.83. The smallest absolute Gasteiger partial charge is 0.165 e. The van der Waals surface area contributed by atoms with Crippen molar-refractivity contribution in [2.75, 3.05) is 6.54 Å². The fraction of sp³-hybridized carbons (Fsp3) is 0.571. The first kappa shape index (κ1) is 12.4. The number of halogens is 1. The van der Waals surface area contributed by atoms with E-state index < -0.39 is 0 Å². The Bertz CT molecular complexity index is 352. The van der Waals surface area contributed by atoms with E-state index in [1.165, 1.54) is 18.9 Å². The van der Waals surface area contributed by atoms with Crippen LogP contribution in [-0.2, 0) is 0 Å². The number of para-hydroxylation sites is 1. The van der Waals surface area contributed by atoms with Crippen molar-refractivity contribution < 1.29 is 9.13 Å². The molecule has 0 bridgehead atoms. The molecule has 0 heterocycles. The third-order valence-corrected chi connectivity index (χ3v) is 2.95. The first-order valence-corrected chi connectivity index (χ1v) is 6.44. The summed E-state index contributed by atoms with van der Waals surface area (Å²) in [5.74, 6) is 0.0866. The lowest BCUT2D eigenvalue weighted by molar-refractivity contribution is 0.178. The summed E-state index contributed by atoms with van der Waals surface area (Å²) >= 11 is 0. The predicted molar refractivity (Wildman–Crippen MR) is 66.7 cm³/mol. The summed E-state index contributed by atoms with van der Waals surface area (Å²) in [5.41, 5.74) is 0. The van der Waals surface area contributed by atoms with E-state index in [0.29, 0.717) is 11.8 Å². The molecular formula is C14H20FNO. The van der Waals surface area contributed by atoms with Gasteiger partial charge in [-0.3, -0.25) is 0 Å². The Balaban J connectivity index is 1.88. The molecule has 0 aliphatic heterocycles. The van der Waals surface area contributed by atoms with E-state index in [2.05, 4.69) is 12.2 Å². The van der Waals surface area contributed by atoms with Gasteiger partial charge in [-0.25, -0.2) is 4.39 Å². The molecule has 3 heteroatoms. The lowest BCUT2D eigenvalue weighted by Crippen LogP contribution is -2.32. The zero-order valence-corrected chi connectivity index (χ0v) is 10.3. The molecule has 1 unspecified atom stereocenters. The monoisotopic (exact) mass is 237 g/mol. The van der Waals surface area contributed by atoms with E-state index in [0.717, 1.165) is 19.4 Å². The molecule has 17 heavy (non-hydrogen) atoms. The van der Waals surface area contributed by atoms with E-state index in [-0.39, 0.29) is 11.9 Å². The highest BCUT2D eigenvalue weighted by atomic mass is 19.1. The maximum absolute atomic E-state index is 13.5. The third kappa shape index (κ3) is 4.00. The average Bonchev–Trinajstić information content (AvgIpc) is 3.13. The molecule has 0 saturated heterocycles. The Morgan fingerprint density at radius 2 is 2.18 bits per heavy atom. The average molecular weight is 237 g/mol. The third-order valence-electron chi connectivity index (χ3n) is 2.95. The number of nitrogens with one attached hydrogen (secondary N) is 1. The van der Waals surface area contributed by atoms with Crippen LogP contribution in [0.4, 0.5) is 4.39 Å². The van der Waals surface area contributed by atoms with Crippen LogP contribution in [0, 0.1) is 5.82 Å². The first-order valence-electron chi connectivity index (χ1n) is 6.44. The van der Waals surface area contributed by atoms with Crippen molar-refractivity contribution in [1.82, 2.24) is 5.32 Å². The second kappa shape index (κ2) is 6.01. The molecule has 1 fully saturated rings. The molecule has 1 N–H and O–H groups in total. The zero-order valence-electron chi connectivity index (χ0n) is 10.3. The summed E-state index contributed by atoms with van der Waals surface area (Å²) in [7, 11) is 0. The van der Waals surface area contributed by atoms with Gasteiger partial charge in [0.05, 0.1) is 0 Å². The molecule has 1 aromatic carbocycles. The van der Waals surface area contributed by atoms with Crippen LogP contribution >= 0.6 is 0 Å². The highest BCUT2D eigenvalue weighted by Gasteiger charge is 2.22. The molecule has 0 radical (unpaired) electrons. The molecule has 2 rings (SSSR count). The van der Waals surface area contributed by atoms with Gasteiger partial charge in [-0.1, -0.05) is 25.5 Å². The molecular weight excluding hydrogens is 217 g/mol. The highest BCUT2D eigenvalue weighted by molar-refractivity contribution is 5.23. The van der Waals surface area contributed by atoms with E-state index in [1.807, 2.05) is 0 Å². The largest absolute Gasteiger partial charge is 0.486 e. The summed E-state index contributed by atoms with van der Waals surface area (Å²) in [4.78, 5) is 0. The minimum Gasteiger partial charge on any atom is -0.486 e. The van der Waals surface area contributed by atoms with Crippen molar-refractivity contribution >= 4 is 0 Å². The van der Waals surface area contributed by atoms with Gasteiger partial charge in [-0.2, -0.15) is 0 Å². The molecule has 94 valence electrons. The van der Waals surface area contributed by atoms with Gasteiger partial charge in [0.2, 0.25) is 0 Å². The van der Waals surface area contributed by atoms with Crippen LogP contribution in [0.15, 0.2) is 24.3 Å². The van der Waals surface area contributed by atoms with Crippen molar-refractivity contribution in [2.45, 2.75) is 44.8 Å². The van der Waals surface area contributed by atoms with Crippen LogP contribution < -0.4 is 10.1 Å². The standard InChI is InChI=1S/C14H20FNO/c1-2-5-12(10-16-11-8-9-11)17-14-7-4-3-6-13(14)15/h3-4,6-7,11-12,16H,2,5,8-10H2,1H3. The van der Waals surface area contributed by atoms with Crippen LogP contribution in [0.25, 0.3) is 0 Å². The van der Waals surface area contributed by atoms with E-state index in [4.69, 9.17) is 4.74 Å². The Morgan fingerprint density at radius 3 is 2.82 bits per heavy atom. The number of hydrogen-bond donors (Lipinski definition) is 1. The van der Waals surface area contributed by atoms with Crippen molar-refractivity contribution in [1.29, 1.82) is 0 Å². The van der Waals surface area contributed by atoms with Crippen LogP contribution in [0.1, 0.15) is 32.6 Å². The van der Waals surface area contributed by atoms with E-state index >= 15 is 0 Å². The Hall–Kier alpha value is -1.09. The van der Waals surface area contributed by atoms with Crippen molar-refractivity contribution in [3.05, 3.63) is 30.1 Å². The minimum atomic E-state index is -0.278. The fourth-order valence-electron chi connectivity index (χ4n) is 1.83. The normalized spacial score (nSPS) is 16.8. The van der Waals surface area contributed by atoms with Gasteiger partial charge in [0.25, 0.3) is 0 Å². The summed E-state index contributed by atoms with van der Waals surface area (Å²) in [5, 5.41) is 3.43. The predicted octanol–water partition coefficient (Wildman–Crippen LogP) is 3.13. The lowest BCUT2D eigenvalue weighted by Gasteiger charge is -2.19.